The zero-order chi connectivity index (χ0) is 19.7. The fraction of sp³-hybridized carbons (Fsp3) is 0.619. The van der Waals surface area contributed by atoms with Crippen LogP contribution in [0, 0.1) is 0 Å². The summed E-state index contributed by atoms with van der Waals surface area (Å²) in [7, 11) is 0. The molecule has 0 fully saturated rings. The van der Waals surface area contributed by atoms with Gasteiger partial charge in [-0.3, -0.25) is 9.59 Å². The fourth-order valence-electron chi connectivity index (χ4n) is 2.72. The minimum absolute atomic E-state index is 0.204. The molecule has 6 heteroatoms. The first kappa shape index (κ1) is 23.3. The van der Waals surface area contributed by atoms with Crippen molar-refractivity contribution in [1.29, 1.82) is 0 Å². The predicted octanol–water partition coefficient (Wildman–Crippen LogP) is 5.62. The maximum atomic E-state index is 10.6. The van der Waals surface area contributed by atoms with Crippen LogP contribution in [0.1, 0.15) is 70.6 Å². The van der Waals surface area contributed by atoms with E-state index >= 15 is 0 Å². The van der Waals surface area contributed by atoms with Crippen molar-refractivity contribution in [2.45, 2.75) is 75.5 Å². The molecular formula is C21H32O5S. The van der Waals surface area contributed by atoms with E-state index in [-0.39, 0.29) is 12.8 Å². The van der Waals surface area contributed by atoms with Crippen molar-refractivity contribution in [2.24, 2.45) is 0 Å². The zero-order valence-electron chi connectivity index (χ0n) is 16.0. The van der Waals surface area contributed by atoms with Crippen LogP contribution < -0.4 is 4.74 Å². The third-order valence-corrected chi connectivity index (χ3v) is 5.33. The van der Waals surface area contributed by atoms with Gasteiger partial charge in [0.25, 0.3) is 0 Å². The normalized spacial score (nSPS) is 10.7. The number of unbranched alkanes of at least 4 members (excludes halogenated alkanes) is 7. The van der Waals surface area contributed by atoms with Crippen LogP contribution in [-0.2, 0) is 9.59 Å². The molecular weight excluding hydrogens is 364 g/mol. The van der Waals surface area contributed by atoms with Crippen LogP contribution in [-0.4, -0.2) is 34.5 Å². The number of hydrogen-bond donors (Lipinski definition) is 2. The summed E-state index contributed by atoms with van der Waals surface area (Å²) in [6, 6.07) is 7.92. The van der Waals surface area contributed by atoms with Gasteiger partial charge in [-0.05, 0) is 37.1 Å². The van der Waals surface area contributed by atoms with Crippen molar-refractivity contribution >= 4 is 23.7 Å². The Balaban J connectivity index is 2.06. The van der Waals surface area contributed by atoms with Crippen molar-refractivity contribution in [2.75, 3.05) is 12.4 Å². The monoisotopic (exact) mass is 396 g/mol. The van der Waals surface area contributed by atoms with E-state index in [9.17, 15) is 9.59 Å². The lowest BCUT2D eigenvalue weighted by Crippen LogP contribution is -1.99. The highest BCUT2D eigenvalue weighted by Gasteiger charge is 2.05. The van der Waals surface area contributed by atoms with E-state index in [0.717, 1.165) is 48.5 Å². The maximum absolute atomic E-state index is 10.6. The second-order valence-corrected chi connectivity index (χ2v) is 7.75. The summed E-state index contributed by atoms with van der Waals surface area (Å²) in [5, 5.41) is 17.3. The standard InChI is InChI=1S/C21H32O5S/c22-20(23)14-7-5-3-1-2-4-6-10-16-26-18-12-8-9-13-19(18)27-17-11-15-21(24)25/h8-9,12-13H,1-7,10-11,14-17H2,(H,22,23)(H,24,25). The van der Waals surface area contributed by atoms with Crippen LogP contribution in [0.3, 0.4) is 0 Å². The molecule has 0 saturated carbocycles. The third kappa shape index (κ3) is 13.2. The molecule has 0 unspecified atom stereocenters. The molecule has 0 bridgehead atoms. The second-order valence-electron chi connectivity index (χ2n) is 6.61. The number of ether oxygens (including phenoxy) is 1. The van der Waals surface area contributed by atoms with Gasteiger partial charge in [-0.15, -0.1) is 11.8 Å². The Morgan fingerprint density at radius 1 is 0.778 bits per heavy atom. The van der Waals surface area contributed by atoms with Gasteiger partial charge in [0.2, 0.25) is 0 Å². The molecule has 0 saturated heterocycles. The highest BCUT2D eigenvalue weighted by molar-refractivity contribution is 7.99. The van der Waals surface area contributed by atoms with Crippen LogP contribution in [0.5, 0.6) is 5.75 Å². The average molecular weight is 397 g/mol. The molecule has 0 spiro atoms. The van der Waals surface area contributed by atoms with E-state index in [0.29, 0.717) is 13.0 Å². The van der Waals surface area contributed by atoms with Gasteiger partial charge >= 0.3 is 11.9 Å². The number of carboxylic acids is 2. The summed E-state index contributed by atoms with van der Waals surface area (Å²) in [6.45, 7) is 0.700. The van der Waals surface area contributed by atoms with Crippen LogP contribution in [0.4, 0.5) is 0 Å². The van der Waals surface area contributed by atoms with Crippen LogP contribution in [0.15, 0.2) is 29.2 Å². The largest absolute Gasteiger partial charge is 0.492 e. The smallest absolute Gasteiger partial charge is 0.303 e. The fourth-order valence-corrected chi connectivity index (χ4v) is 3.67. The molecule has 1 rings (SSSR count). The molecule has 0 aliphatic rings. The first-order valence-electron chi connectivity index (χ1n) is 9.88. The maximum Gasteiger partial charge on any atom is 0.303 e. The lowest BCUT2D eigenvalue weighted by Gasteiger charge is -2.11. The molecule has 1 aromatic rings. The summed E-state index contributed by atoms with van der Waals surface area (Å²) in [5.74, 6) is 0.214. The number of rotatable bonds is 17. The van der Waals surface area contributed by atoms with E-state index in [1.54, 1.807) is 11.8 Å². The SMILES string of the molecule is O=C(O)CCCCCCCCCCOc1ccccc1SCCCC(=O)O. The summed E-state index contributed by atoms with van der Waals surface area (Å²) < 4.78 is 5.90. The van der Waals surface area contributed by atoms with Gasteiger partial charge < -0.3 is 14.9 Å². The Morgan fingerprint density at radius 2 is 1.33 bits per heavy atom. The van der Waals surface area contributed by atoms with E-state index in [1.807, 2.05) is 24.3 Å². The molecule has 0 radical (unpaired) electrons. The van der Waals surface area contributed by atoms with Crippen molar-refractivity contribution in [1.82, 2.24) is 0 Å². The highest BCUT2D eigenvalue weighted by Crippen LogP contribution is 2.29. The Bertz CT molecular complexity index is 547. The number of carboxylic acid groups (broad SMARTS) is 2. The number of benzene rings is 1. The van der Waals surface area contributed by atoms with Gasteiger partial charge in [-0.1, -0.05) is 50.7 Å². The Hall–Kier alpha value is -1.69. The number of carbonyl (C=O) groups is 2. The first-order chi connectivity index (χ1) is 13.1. The second kappa shape index (κ2) is 15.4. The quantitative estimate of drug-likeness (QED) is 0.263. The van der Waals surface area contributed by atoms with Gasteiger partial charge in [0.15, 0.2) is 0 Å². The van der Waals surface area contributed by atoms with Crippen molar-refractivity contribution < 1.29 is 24.5 Å². The number of aliphatic carboxylic acids is 2. The molecule has 152 valence electrons. The summed E-state index contributed by atoms with van der Waals surface area (Å²) in [5.41, 5.74) is 0. The van der Waals surface area contributed by atoms with Gasteiger partial charge in [0.1, 0.15) is 5.75 Å². The number of para-hydroxylation sites is 1. The van der Waals surface area contributed by atoms with Gasteiger partial charge in [-0.25, -0.2) is 0 Å². The van der Waals surface area contributed by atoms with Crippen LogP contribution in [0.2, 0.25) is 0 Å². The minimum atomic E-state index is -0.750. The topological polar surface area (TPSA) is 83.8 Å². The van der Waals surface area contributed by atoms with E-state index in [4.69, 9.17) is 14.9 Å². The molecule has 0 aliphatic carbocycles. The van der Waals surface area contributed by atoms with Crippen LogP contribution in [0.25, 0.3) is 0 Å². The molecule has 0 aromatic heterocycles. The highest BCUT2D eigenvalue weighted by atomic mass is 32.2. The molecule has 1 aromatic carbocycles. The Kier molecular flexibility index (Phi) is 13.3. The Morgan fingerprint density at radius 3 is 2.00 bits per heavy atom. The molecule has 0 atom stereocenters. The van der Waals surface area contributed by atoms with Crippen molar-refractivity contribution in [3.8, 4) is 5.75 Å². The summed E-state index contributed by atoms with van der Waals surface area (Å²) in [6.07, 6.45) is 9.80. The van der Waals surface area contributed by atoms with Crippen molar-refractivity contribution in [3.63, 3.8) is 0 Å². The van der Waals surface area contributed by atoms with Gasteiger partial charge in [0, 0.05) is 17.7 Å². The zero-order valence-corrected chi connectivity index (χ0v) is 16.8. The minimum Gasteiger partial charge on any atom is -0.492 e. The van der Waals surface area contributed by atoms with Crippen molar-refractivity contribution in [3.05, 3.63) is 24.3 Å². The molecule has 5 nitrogen and oxygen atoms in total. The lowest BCUT2D eigenvalue weighted by atomic mass is 10.1. The molecule has 0 amide bonds. The number of hydrogen-bond acceptors (Lipinski definition) is 4. The Labute approximate surface area is 166 Å². The number of thioether (sulfide) groups is 1. The van der Waals surface area contributed by atoms with E-state index in [2.05, 4.69) is 0 Å². The van der Waals surface area contributed by atoms with E-state index < -0.39 is 11.9 Å². The third-order valence-electron chi connectivity index (χ3n) is 4.18. The van der Waals surface area contributed by atoms with E-state index in [1.165, 1.54) is 19.3 Å². The molecule has 27 heavy (non-hydrogen) atoms. The molecule has 0 aliphatic heterocycles. The summed E-state index contributed by atoms with van der Waals surface area (Å²) >= 11 is 1.65. The lowest BCUT2D eigenvalue weighted by molar-refractivity contribution is -0.138. The summed E-state index contributed by atoms with van der Waals surface area (Å²) in [4.78, 5) is 22.0. The van der Waals surface area contributed by atoms with Gasteiger partial charge in [0.05, 0.1) is 6.61 Å². The van der Waals surface area contributed by atoms with Crippen LogP contribution >= 0.6 is 11.8 Å². The van der Waals surface area contributed by atoms with Gasteiger partial charge in [-0.2, -0.15) is 0 Å². The molecule has 0 heterocycles. The first-order valence-corrected chi connectivity index (χ1v) is 10.9. The molecule has 2 N–H and O–H groups in total. The predicted molar refractivity (Wildman–Crippen MR) is 109 cm³/mol. The average Bonchev–Trinajstić information content (AvgIpc) is 2.63.